The van der Waals surface area contributed by atoms with Gasteiger partial charge in [-0.1, -0.05) is 29.8 Å². The minimum Gasteiger partial charge on any atom is -0.321 e. The van der Waals surface area contributed by atoms with Gasteiger partial charge in [0.05, 0.1) is 0 Å². The van der Waals surface area contributed by atoms with Crippen LogP contribution in [0.4, 0.5) is 0 Å². The van der Waals surface area contributed by atoms with Crippen molar-refractivity contribution in [2.75, 3.05) is 0 Å². The summed E-state index contributed by atoms with van der Waals surface area (Å²) in [6.07, 6.45) is 5.21. The van der Waals surface area contributed by atoms with Gasteiger partial charge in [-0.05, 0) is 55.5 Å². The normalized spacial score (nSPS) is 21.1. The van der Waals surface area contributed by atoms with Gasteiger partial charge in [-0.2, -0.15) is 0 Å². The number of rotatable bonds is 2. The Morgan fingerprint density at radius 3 is 2.95 bits per heavy atom. The number of halogens is 1. The molecule has 2 N–H and O–H groups in total. The molecule has 0 saturated carbocycles. The first-order chi connectivity index (χ1) is 9.59. The molecule has 0 bridgehead atoms. The number of hydrogen-bond donors (Lipinski definition) is 1. The molecule has 104 valence electrons. The molecule has 1 aromatic carbocycles. The highest BCUT2D eigenvalue weighted by Crippen LogP contribution is 2.42. The lowest BCUT2D eigenvalue weighted by Gasteiger charge is -2.37. The van der Waals surface area contributed by atoms with Crippen molar-refractivity contribution < 1.29 is 0 Å². The Kier molecular flexibility index (Phi) is 3.53. The molecule has 3 heteroatoms. The maximum atomic E-state index is 6.70. The Bertz CT molecular complexity index is 622. The molecular weight excluding hydrogens is 268 g/mol. The molecular formula is C17H19ClN2. The predicted octanol–water partition coefficient (Wildman–Crippen LogP) is 4.03. The van der Waals surface area contributed by atoms with E-state index in [9.17, 15) is 0 Å². The first-order valence-electron chi connectivity index (χ1n) is 7.08. The lowest BCUT2D eigenvalue weighted by Crippen LogP contribution is -2.41. The van der Waals surface area contributed by atoms with E-state index in [1.807, 2.05) is 30.5 Å². The molecule has 3 rings (SSSR count). The van der Waals surface area contributed by atoms with Crippen LogP contribution in [0.25, 0.3) is 0 Å². The minimum atomic E-state index is -0.450. The highest BCUT2D eigenvalue weighted by molar-refractivity contribution is 6.30. The second-order valence-corrected chi connectivity index (χ2v) is 6.22. The van der Waals surface area contributed by atoms with Crippen LogP contribution < -0.4 is 5.73 Å². The van der Waals surface area contributed by atoms with Crippen LogP contribution in [0.5, 0.6) is 0 Å². The topological polar surface area (TPSA) is 38.9 Å². The fourth-order valence-corrected chi connectivity index (χ4v) is 3.41. The summed E-state index contributed by atoms with van der Waals surface area (Å²) in [5, 5.41) is 0.733. The van der Waals surface area contributed by atoms with Crippen LogP contribution in [0.15, 0.2) is 42.6 Å². The van der Waals surface area contributed by atoms with E-state index in [1.54, 1.807) is 0 Å². The fourth-order valence-electron chi connectivity index (χ4n) is 3.22. The molecule has 0 radical (unpaired) electrons. The van der Waals surface area contributed by atoms with Crippen molar-refractivity contribution in [1.82, 2.24) is 4.98 Å². The highest BCUT2D eigenvalue weighted by atomic mass is 35.5. The molecule has 2 unspecified atom stereocenters. The van der Waals surface area contributed by atoms with E-state index in [0.29, 0.717) is 0 Å². The molecule has 0 amide bonds. The SMILES string of the molecule is CC(N)(c1cccc(Cl)c1)C1CCCc2cccnc21. The Balaban J connectivity index is 2.04. The van der Waals surface area contributed by atoms with Crippen LogP contribution in [0.1, 0.15) is 42.5 Å². The smallest absolute Gasteiger partial charge is 0.0488 e. The van der Waals surface area contributed by atoms with Crippen molar-refractivity contribution in [2.24, 2.45) is 5.73 Å². The average Bonchev–Trinajstić information content (AvgIpc) is 2.46. The van der Waals surface area contributed by atoms with Crippen LogP contribution in [-0.2, 0) is 12.0 Å². The number of fused-ring (bicyclic) bond motifs is 1. The Hall–Kier alpha value is -1.38. The van der Waals surface area contributed by atoms with Crippen molar-refractivity contribution in [3.05, 3.63) is 64.4 Å². The van der Waals surface area contributed by atoms with E-state index in [2.05, 4.69) is 24.0 Å². The zero-order valence-corrected chi connectivity index (χ0v) is 12.4. The second-order valence-electron chi connectivity index (χ2n) is 5.79. The molecule has 20 heavy (non-hydrogen) atoms. The summed E-state index contributed by atoms with van der Waals surface area (Å²) in [4.78, 5) is 4.60. The lowest BCUT2D eigenvalue weighted by molar-refractivity contribution is 0.341. The molecule has 1 heterocycles. The Labute approximate surface area is 125 Å². The van der Waals surface area contributed by atoms with Gasteiger partial charge in [0.2, 0.25) is 0 Å². The van der Waals surface area contributed by atoms with Crippen molar-refractivity contribution in [2.45, 2.75) is 37.6 Å². The van der Waals surface area contributed by atoms with E-state index in [1.165, 1.54) is 5.56 Å². The van der Waals surface area contributed by atoms with E-state index < -0.39 is 5.54 Å². The summed E-state index contributed by atoms with van der Waals surface area (Å²) in [5.74, 6) is 0.242. The second kappa shape index (κ2) is 5.19. The van der Waals surface area contributed by atoms with Crippen molar-refractivity contribution >= 4 is 11.6 Å². The molecule has 2 nitrogen and oxygen atoms in total. The molecule has 1 aliphatic rings. The molecule has 2 atom stereocenters. The first-order valence-corrected chi connectivity index (χ1v) is 7.45. The Morgan fingerprint density at radius 2 is 2.15 bits per heavy atom. The zero-order chi connectivity index (χ0) is 14.2. The molecule has 1 aliphatic carbocycles. The summed E-state index contributed by atoms with van der Waals surface area (Å²) in [6.45, 7) is 2.09. The number of aryl methyl sites for hydroxylation is 1. The zero-order valence-electron chi connectivity index (χ0n) is 11.6. The maximum absolute atomic E-state index is 6.70. The first kappa shape index (κ1) is 13.6. The summed E-state index contributed by atoms with van der Waals surface area (Å²) in [7, 11) is 0. The van der Waals surface area contributed by atoms with Crippen LogP contribution in [-0.4, -0.2) is 4.98 Å². The number of benzene rings is 1. The van der Waals surface area contributed by atoms with Gasteiger partial charge in [-0.25, -0.2) is 0 Å². The molecule has 0 spiro atoms. The van der Waals surface area contributed by atoms with E-state index in [0.717, 1.165) is 35.5 Å². The third-order valence-corrected chi connectivity index (χ3v) is 4.60. The van der Waals surface area contributed by atoms with Gasteiger partial charge in [0.25, 0.3) is 0 Å². The van der Waals surface area contributed by atoms with Crippen molar-refractivity contribution in [3.8, 4) is 0 Å². The van der Waals surface area contributed by atoms with Gasteiger partial charge < -0.3 is 5.73 Å². The Morgan fingerprint density at radius 1 is 1.30 bits per heavy atom. The quantitative estimate of drug-likeness (QED) is 0.905. The molecule has 0 aliphatic heterocycles. The molecule has 1 aromatic heterocycles. The number of aromatic nitrogens is 1. The fraction of sp³-hybridized carbons (Fsp3) is 0.353. The van der Waals surface area contributed by atoms with Gasteiger partial charge in [0, 0.05) is 28.4 Å². The summed E-state index contributed by atoms with van der Waals surface area (Å²) in [6, 6.07) is 12.1. The van der Waals surface area contributed by atoms with Gasteiger partial charge in [-0.15, -0.1) is 0 Å². The summed E-state index contributed by atoms with van der Waals surface area (Å²) < 4.78 is 0. The van der Waals surface area contributed by atoms with Gasteiger partial charge >= 0.3 is 0 Å². The van der Waals surface area contributed by atoms with Gasteiger partial charge in [0.15, 0.2) is 0 Å². The van der Waals surface area contributed by atoms with Gasteiger partial charge in [0.1, 0.15) is 0 Å². The maximum Gasteiger partial charge on any atom is 0.0488 e. The monoisotopic (exact) mass is 286 g/mol. The number of pyridine rings is 1. The summed E-state index contributed by atoms with van der Waals surface area (Å²) >= 11 is 6.12. The highest BCUT2D eigenvalue weighted by Gasteiger charge is 2.36. The minimum absolute atomic E-state index is 0.242. The standard InChI is InChI=1S/C17H19ClN2/c1-17(19,13-7-3-8-14(18)11-13)15-9-2-5-12-6-4-10-20-16(12)15/h3-4,6-8,10-11,15H,2,5,9,19H2,1H3. The number of nitrogens with zero attached hydrogens (tertiary/aromatic N) is 1. The third kappa shape index (κ3) is 2.34. The lowest BCUT2D eigenvalue weighted by atomic mass is 9.72. The van der Waals surface area contributed by atoms with Crippen LogP contribution in [0.2, 0.25) is 5.02 Å². The average molecular weight is 287 g/mol. The van der Waals surface area contributed by atoms with Crippen LogP contribution >= 0.6 is 11.6 Å². The van der Waals surface area contributed by atoms with Crippen LogP contribution in [0.3, 0.4) is 0 Å². The molecule has 0 fully saturated rings. The van der Waals surface area contributed by atoms with Crippen molar-refractivity contribution in [1.29, 1.82) is 0 Å². The number of nitrogens with two attached hydrogens (primary N) is 1. The summed E-state index contributed by atoms with van der Waals surface area (Å²) in [5.41, 5.74) is 9.82. The predicted molar refractivity (Wildman–Crippen MR) is 82.9 cm³/mol. The largest absolute Gasteiger partial charge is 0.321 e. The van der Waals surface area contributed by atoms with E-state index >= 15 is 0 Å². The van der Waals surface area contributed by atoms with E-state index in [-0.39, 0.29) is 5.92 Å². The van der Waals surface area contributed by atoms with E-state index in [4.69, 9.17) is 17.3 Å². The molecule has 2 aromatic rings. The number of hydrogen-bond acceptors (Lipinski definition) is 2. The molecule has 0 saturated heterocycles. The third-order valence-electron chi connectivity index (χ3n) is 4.37. The van der Waals surface area contributed by atoms with Crippen LogP contribution in [0, 0.1) is 0 Å². The van der Waals surface area contributed by atoms with Crippen molar-refractivity contribution in [3.63, 3.8) is 0 Å². The van der Waals surface area contributed by atoms with Gasteiger partial charge in [-0.3, -0.25) is 4.98 Å².